The van der Waals surface area contributed by atoms with Crippen molar-refractivity contribution >= 4 is 18.0 Å². The van der Waals surface area contributed by atoms with Gasteiger partial charge < -0.3 is 19.5 Å². The highest BCUT2D eigenvalue weighted by Gasteiger charge is 2.41. The Labute approximate surface area is 217 Å². The van der Waals surface area contributed by atoms with Crippen molar-refractivity contribution in [3.63, 3.8) is 0 Å². The van der Waals surface area contributed by atoms with Crippen LogP contribution in [0.2, 0.25) is 0 Å². The molecule has 0 saturated heterocycles. The van der Waals surface area contributed by atoms with E-state index in [0.29, 0.717) is 5.56 Å². The van der Waals surface area contributed by atoms with E-state index in [1.54, 1.807) is 32.9 Å². The Balaban J connectivity index is 1.93. The summed E-state index contributed by atoms with van der Waals surface area (Å²) < 4.78 is 16.6. The van der Waals surface area contributed by atoms with Crippen LogP contribution in [0.3, 0.4) is 0 Å². The van der Waals surface area contributed by atoms with Gasteiger partial charge in [0.15, 0.2) is 5.92 Å². The lowest BCUT2D eigenvalue weighted by Gasteiger charge is -2.28. The van der Waals surface area contributed by atoms with Crippen molar-refractivity contribution in [3.05, 3.63) is 107 Å². The number of nitrogens with one attached hydrogen (secondary N) is 1. The maximum absolute atomic E-state index is 13.4. The van der Waals surface area contributed by atoms with Crippen molar-refractivity contribution in [2.75, 3.05) is 0 Å². The fraction of sp³-hybridized carbons (Fsp3) is 0.300. The van der Waals surface area contributed by atoms with Crippen LogP contribution in [-0.4, -0.2) is 23.6 Å². The predicted octanol–water partition coefficient (Wildman–Crippen LogP) is 5.66. The summed E-state index contributed by atoms with van der Waals surface area (Å²) >= 11 is 0. The molecule has 3 aromatic rings. The molecule has 3 aromatic carbocycles. The standard InChI is InChI=1S/C30H33NO6/c1-21-13-11-12-18-24(21)26(31-29(34)37-30(2,3)4)25(27(32)35-19-22-14-7-5-8-15-22)28(33)36-20-23-16-9-6-10-17-23/h5-18,25-26H,19-20H2,1-4H3,(H,31,34). The number of aryl methyl sites for hydroxylation is 1. The first kappa shape index (κ1) is 27.5. The quantitative estimate of drug-likeness (QED) is 0.230. The first-order valence-electron chi connectivity index (χ1n) is 12.1. The lowest BCUT2D eigenvalue weighted by atomic mass is 9.90. The van der Waals surface area contributed by atoms with Gasteiger partial charge in [-0.2, -0.15) is 0 Å². The molecule has 1 amide bonds. The molecule has 0 spiro atoms. The third kappa shape index (κ3) is 8.49. The average molecular weight is 504 g/mol. The van der Waals surface area contributed by atoms with Crippen molar-refractivity contribution < 1.29 is 28.6 Å². The van der Waals surface area contributed by atoms with Crippen LogP contribution in [0, 0.1) is 12.8 Å². The first-order valence-corrected chi connectivity index (χ1v) is 12.1. The molecule has 0 aliphatic heterocycles. The number of carbonyl (C=O) groups excluding carboxylic acids is 3. The molecule has 0 saturated carbocycles. The van der Waals surface area contributed by atoms with Crippen molar-refractivity contribution in [2.24, 2.45) is 5.92 Å². The number of rotatable bonds is 9. The molecule has 0 aliphatic rings. The second kappa shape index (κ2) is 12.7. The highest BCUT2D eigenvalue weighted by Crippen LogP contribution is 2.29. The Morgan fingerprint density at radius 3 is 1.65 bits per heavy atom. The van der Waals surface area contributed by atoms with Gasteiger partial charge in [0, 0.05) is 0 Å². The largest absolute Gasteiger partial charge is 0.460 e. The van der Waals surface area contributed by atoms with E-state index in [9.17, 15) is 14.4 Å². The highest BCUT2D eigenvalue weighted by atomic mass is 16.6. The van der Waals surface area contributed by atoms with Gasteiger partial charge in [0.2, 0.25) is 0 Å². The molecule has 3 rings (SSSR count). The smallest absolute Gasteiger partial charge is 0.408 e. The van der Waals surface area contributed by atoms with Gasteiger partial charge in [-0.1, -0.05) is 84.9 Å². The van der Waals surface area contributed by atoms with E-state index < -0.39 is 35.6 Å². The minimum atomic E-state index is -1.47. The zero-order chi connectivity index (χ0) is 26.8. The van der Waals surface area contributed by atoms with Crippen molar-refractivity contribution in [2.45, 2.75) is 52.6 Å². The normalized spacial score (nSPS) is 11.9. The summed E-state index contributed by atoms with van der Waals surface area (Å²) in [4.78, 5) is 39.7. The maximum atomic E-state index is 13.4. The molecule has 0 heterocycles. The monoisotopic (exact) mass is 503 g/mol. The van der Waals surface area contributed by atoms with Gasteiger partial charge in [-0.15, -0.1) is 0 Å². The van der Waals surface area contributed by atoms with E-state index in [-0.39, 0.29) is 13.2 Å². The number of amides is 1. The third-order valence-corrected chi connectivity index (χ3v) is 5.48. The SMILES string of the molecule is Cc1ccccc1C(NC(=O)OC(C)(C)C)C(C(=O)OCc1ccccc1)C(=O)OCc1ccccc1. The molecule has 194 valence electrons. The van der Waals surface area contributed by atoms with E-state index in [0.717, 1.165) is 16.7 Å². The number of benzene rings is 3. The zero-order valence-corrected chi connectivity index (χ0v) is 21.6. The Kier molecular flexibility index (Phi) is 9.44. The van der Waals surface area contributed by atoms with Gasteiger partial charge in [0.25, 0.3) is 0 Å². The summed E-state index contributed by atoms with van der Waals surface area (Å²) in [7, 11) is 0. The molecule has 1 atom stereocenters. The molecule has 0 aromatic heterocycles. The summed E-state index contributed by atoms with van der Waals surface area (Å²) in [5.74, 6) is -3.10. The Hall–Kier alpha value is -4.13. The minimum Gasteiger partial charge on any atom is -0.460 e. The Morgan fingerprint density at radius 1 is 0.730 bits per heavy atom. The average Bonchev–Trinajstić information content (AvgIpc) is 2.86. The predicted molar refractivity (Wildman–Crippen MR) is 139 cm³/mol. The number of alkyl carbamates (subject to hydrolysis) is 1. The molecular weight excluding hydrogens is 470 g/mol. The van der Waals surface area contributed by atoms with Crippen LogP contribution in [0.15, 0.2) is 84.9 Å². The molecule has 0 radical (unpaired) electrons. The van der Waals surface area contributed by atoms with E-state index in [1.165, 1.54) is 0 Å². The van der Waals surface area contributed by atoms with Crippen LogP contribution in [-0.2, 0) is 37.0 Å². The summed E-state index contributed by atoms with van der Waals surface area (Å²) in [6, 6.07) is 24.4. The number of carbonyl (C=O) groups is 3. The highest BCUT2D eigenvalue weighted by molar-refractivity contribution is 5.96. The summed E-state index contributed by atoms with van der Waals surface area (Å²) in [6.45, 7) is 6.96. The number of hydrogen-bond donors (Lipinski definition) is 1. The molecule has 0 fully saturated rings. The van der Waals surface area contributed by atoms with Gasteiger partial charge in [-0.25, -0.2) is 4.79 Å². The van der Waals surface area contributed by atoms with Gasteiger partial charge in [-0.3, -0.25) is 9.59 Å². The van der Waals surface area contributed by atoms with Gasteiger partial charge in [-0.05, 0) is 49.9 Å². The van der Waals surface area contributed by atoms with E-state index in [1.807, 2.05) is 79.7 Å². The lowest BCUT2D eigenvalue weighted by molar-refractivity contribution is -0.165. The Morgan fingerprint density at radius 2 is 1.19 bits per heavy atom. The molecular formula is C30H33NO6. The van der Waals surface area contributed by atoms with Crippen LogP contribution in [0.25, 0.3) is 0 Å². The molecule has 1 N–H and O–H groups in total. The molecule has 7 heteroatoms. The van der Waals surface area contributed by atoms with Crippen molar-refractivity contribution in [3.8, 4) is 0 Å². The molecule has 37 heavy (non-hydrogen) atoms. The molecule has 7 nitrogen and oxygen atoms in total. The van der Waals surface area contributed by atoms with Crippen LogP contribution in [0.4, 0.5) is 4.79 Å². The fourth-order valence-electron chi connectivity index (χ4n) is 3.72. The summed E-state index contributed by atoms with van der Waals surface area (Å²) in [5, 5.41) is 2.73. The van der Waals surface area contributed by atoms with E-state index in [4.69, 9.17) is 14.2 Å². The first-order chi connectivity index (χ1) is 17.6. The van der Waals surface area contributed by atoms with Gasteiger partial charge >= 0.3 is 18.0 Å². The van der Waals surface area contributed by atoms with Crippen LogP contribution in [0.1, 0.15) is 49.1 Å². The van der Waals surface area contributed by atoms with Crippen LogP contribution < -0.4 is 5.32 Å². The molecule has 0 bridgehead atoms. The summed E-state index contributed by atoms with van der Waals surface area (Å²) in [5.41, 5.74) is 2.10. The fourth-order valence-corrected chi connectivity index (χ4v) is 3.72. The maximum Gasteiger partial charge on any atom is 0.408 e. The second-order valence-electron chi connectivity index (χ2n) is 9.64. The Bertz CT molecular complexity index is 1130. The van der Waals surface area contributed by atoms with Crippen molar-refractivity contribution in [1.82, 2.24) is 5.32 Å². The minimum absolute atomic E-state index is 0.0327. The third-order valence-electron chi connectivity index (χ3n) is 5.48. The summed E-state index contributed by atoms with van der Waals surface area (Å²) in [6.07, 6.45) is -0.766. The molecule has 1 unspecified atom stereocenters. The number of hydrogen-bond acceptors (Lipinski definition) is 6. The topological polar surface area (TPSA) is 90.9 Å². The van der Waals surface area contributed by atoms with Crippen LogP contribution >= 0.6 is 0 Å². The van der Waals surface area contributed by atoms with Crippen molar-refractivity contribution in [1.29, 1.82) is 0 Å². The van der Waals surface area contributed by atoms with E-state index in [2.05, 4.69) is 5.32 Å². The molecule has 0 aliphatic carbocycles. The number of ether oxygens (including phenoxy) is 3. The van der Waals surface area contributed by atoms with Crippen LogP contribution in [0.5, 0.6) is 0 Å². The second-order valence-corrected chi connectivity index (χ2v) is 9.64. The zero-order valence-electron chi connectivity index (χ0n) is 21.6. The lowest BCUT2D eigenvalue weighted by Crippen LogP contribution is -2.44. The van der Waals surface area contributed by atoms with Gasteiger partial charge in [0.05, 0.1) is 6.04 Å². The van der Waals surface area contributed by atoms with E-state index >= 15 is 0 Å². The van der Waals surface area contributed by atoms with Gasteiger partial charge in [0.1, 0.15) is 18.8 Å². The number of esters is 2.